The summed E-state index contributed by atoms with van der Waals surface area (Å²) in [4.78, 5) is 44.2. The quantitative estimate of drug-likeness (QED) is 0.0966. The highest BCUT2D eigenvalue weighted by Gasteiger charge is 2.49. The summed E-state index contributed by atoms with van der Waals surface area (Å²) in [7, 11) is 0. The maximum absolute atomic E-state index is 13.1. The first-order valence-electron chi connectivity index (χ1n) is 11.0. The second-order valence-electron chi connectivity index (χ2n) is 6.98. The molecule has 2 atom stereocenters. The van der Waals surface area contributed by atoms with Crippen LogP contribution in [0.4, 0.5) is 0 Å². The van der Waals surface area contributed by atoms with Crippen LogP contribution in [-0.4, -0.2) is 78.2 Å². The summed E-state index contributed by atoms with van der Waals surface area (Å²) in [5.41, 5.74) is 1.03. The van der Waals surface area contributed by atoms with E-state index in [9.17, 15) is 19.7 Å². The van der Waals surface area contributed by atoms with Crippen LogP contribution in [-0.2, 0) is 23.8 Å². The zero-order valence-electron chi connectivity index (χ0n) is 19.5. The lowest BCUT2D eigenvalue weighted by molar-refractivity contribution is -0.507. The Labute approximate surface area is 202 Å². The summed E-state index contributed by atoms with van der Waals surface area (Å²) < 4.78 is 16.6. The molecule has 11 nitrogen and oxygen atoms in total. The maximum Gasteiger partial charge on any atom is 0.336 e. The first kappa shape index (κ1) is 27.4. The van der Waals surface area contributed by atoms with Crippen LogP contribution < -0.4 is 5.32 Å². The van der Waals surface area contributed by atoms with Crippen molar-refractivity contribution in [3.63, 3.8) is 0 Å². The monoisotopic (exact) mass is 494 g/mol. The molecule has 0 bridgehead atoms. The molecular formula is C22H30N4O7S. The van der Waals surface area contributed by atoms with E-state index >= 15 is 0 Å². The van der Waals surface area contributed by atoms with Gasteiger partial charge in [0.25, 0.3) is 6.04 Å². The van der Waals surface area contributed by atoms with Crippen molar-refractivity contribution in [3.05, 3.63) is 51.5 Å². The molecule has 1 aliphatic rings. The molecule has 0 spiro atoms. The first-order chi connectivity index (χ1) is 16.5. The van der Waals surface area contributed by atoms with Crippen molar-refractivity contribution >= 4 is 29.9 Å². The van der Waals surface area contributed by atoms with Gasteiger partial charge in [0.2, 0.25) is 12.7 Å². The standard InChI is InChI=1S/C22H30N4O7S/c1-4-31-21(28)18-16(13-34-11-10-24-14-27)25-19(22(32-5-2)33-6-3)20(26(29)30)17(18)15-8-7-9-23-12-15/h7-9,12,14,17,20,22H,4-6,10-11,13H2,1-3H3,(H,24,27). The second-order valence-corrected chi connectivity index (χ2v) is 8.08. The molecule has 1 aliphatic heterocycles. The van der Waals surface area contributed by atoms with Gasteiger partial charge >= 0.3 is 5.97 Å². The van der Waals surface area contributed by atoms with E-state index in [0.717, 1.165) is 0 Å². The van der Waals surface area contributed by atoms with Gasteiger partial charge in [-0.25, -0.2) is 9.79 Å². The topological polar surface area (TPSA) is 142 Å². The average molecular weight is 495 g/mol. The second kappa shape index (κ2) is 14.4. The molecule has 1 N–H and O–H groups in total. The minimum atomic E-state index is -1.42. The molecule has 12 heteroatoms. The van der Waals surface area contributed by atoms with E-state index in [1.807, 2.05) is 0 Å². The summed E-state index contributed by atoms with van der Waals surface area (Å²) in [6, 6.07) is 1.92. The lowest BCUT2D eigenvalue weighted by atomic mass is 9.80. The molecule has 0 saturated heterocycles. The molecule has 2 rings (SSSR count). The van der Waals surface area contributed by atoms with Crippen LogP contribution in [0.3, 0.4) is 0 Å². The van der Waals surface area contributed by atoms with Crippen LogP contribution in [0.1, 0.15) is 32.3 Å². The molecule has 0 radical (unpaired) electrons. The largest absolute Gasteiger partial charge is 0.463 e. The predicted octanol–water partition coefficient (Wildman–Crippen LogP) is 1.96. The highest BCUT2D eigenvalue weighted by molar-refractivity contribution is 7.99. The van der Waals surface area contributed by atoms with Gasteiger partial charge in [-0.2, -0.15) is 11.8 Å². The summed E-state index contributed by atoms with van der Waals surface area (Å²) >= 11 is 1.43. The molecule has 0 fully saturated rings. The lowest BCUT2D eigenvalue weighted by Gasteiger charge is -2.32. The lowest BCUT2D eigenvalue weighted by Crippen LogP contribution is -2.48. The first-order valence-corrected chi connectivity index (χ1v) is 12.1. The molecule has 0 aliphatic carbocycles. The molecular weight excluding hydrogens is 464 g/mol. The number of pyridine rings is 1. The van der Waals surface area contributed by atoms with E-state index in [0.29, 0.717) is 30.0 Å². The summed E-state index contributed by atoms with van der Waals surface area (Å²) in [6.45, 7) is 6.21. The Hall–Kier alpha value is -2.83. The number of ether oxygens (including phenoxy) is 3. The Kier molecular flexibility index (Phi) is 11.6. The number of carbonyl (C=O) groups is 2. The van der Waals surface area contributed by atoms with Crippen LogP contribution in [0.15, 0.2) is 40.8 Å². The van der Waals surface area contributed by atoms with Crippen molar-refractivity contribution in [2.45, 2.75) is 39.0 Å². The number of rotatable bonds is 15. The van der Waals surface area contributed by atoms with Crippen LogP contribution in [0.25, 0.3) is 0 Å². The third-order valence-electron chi connectivity index (χ3n) is 4.86. The fraction of sp³-hybridized carbons (Fsp3) is 0.545. The van der Waals surface area contributed by atoms with Gasteiger partial charge in [-0.1, -0.05) is 6.07 Å². The Balaban J connectivity index is 2.68. The van der Waals surface area contributed by atoms with E-state index in [4.69, 9.17) is 14.2 Å². The van der Waals surface area contributed by atoms with Gasteiger partial charge in [0.15, 0.2) is 0 Å². The normalized spacial score (nSPS) is 17.9. The number of nitrogens with zero attached hydrogens (tertiary/aromatic N) is 3. The van der Waals surface area contributed by atoms with Crippen LogP contribution in [0.2, 0.25) is 0 Å². The fourth-order valence-corrected chi connectivity index (χ4v) is 4.39. The number of nitro groups is 1. The van der Waals surface area contributed by atoms with E-state index < -0.39 is 29.1 Å². The maximum atomic E-state index is 13.1. The van der Waals surface area contributed by atoms with Gasteiger partial charge in [-0.3, -0.25) is 19.9 Å². The van der Waals surface area contributed by atoms with E-state index in [1.165, 1.54) is 18.0 Å². The minimum Gasteiger partial charge on any atom is -0.463 e. The number of amides is 1. The zero-order chi connectivity index (χ0) is 24.9. The van der Waals surface area contributed by atoms with Crippen LogP contribution in [0.5, 0.6) is 0 Å². The van der Waals surface area contributed by atoms with Crippen molar-refractivity contribution < 1.29 is 28.7 Å². The molecule has 34 heavy (non-hydrogen) atoms. The summed E-state index contributed by atoms with van der Waals surface area (Å²) in [5, 5.41) is 15.0. The summed E-state index contributed by atoms with van der Waals surface area (Å²) in [6.07, 6.45) is 2.61. The van der Waals surface area contributed by atoms with Gasteiger partial charge in [0, 0.05) is 48.6 Å². The molecule has 2 heterocycles. The third kappa shape index (κ3) is 7.08. The van der Waals surface area contributed by atoms with Crippen molar-refractivity contribution in [2.24, 2.45) is 4.99 Å². The highest BCUT2D eigenvalue weighted by Crippen LogP contribution is 2.39. The Morgan fingerprint density at radius 3 is 2.59 bits per heavy atom. The number of esters is 1. The van der Waals surface area contributed by atoms with Gasteiger partial charge in [-0.15, -0.1) is 0 Å². The molecule has 1 aromatic heterocycles. The molecule has 0 saturated carbocycles. The number of hydrogen-bond donors (Lipinski definition) is 1. The van der Waals surface area contributed by atoms with E-state index in [1.54, 1.807) is 39.1 Å². The molecule has 1 aromatic rings. The highest BCUT2D eigenvalue weighted by atomic mass is 32.2. The number of aromatic nitrogens is 1. The molecule has 0 aromatic carbocycles. The van der Waals surface area contributed by atoms with Crippen molar-refractivity contribution in [1.29, 1.82) is 0 Å². The number of carbonyl (C=O) groups excluding carboxylic acids is 2. The van der Waals surface area contributed by atoms with Gasteiger partial charge in [-0.05, 0) is 32.4 Å². The fourth-order valence-electron chi connectivity index (χ4n) is 3.57. The average Bonchev–Trinajstić information content (AvgIpc) is 2.83. The van der Waals surface area contributed by atoms with E-state index in [2.05, 4.69) is 15.3 Å². The smallest absolute Gasteiger partial charge is 0.336 e. The van der Waals surface area contributed by atoms with Crippen molar-refractivity contribution in [1.82, 2.24) is 10.3 Å². The number of thioether (sulfide) groups is 1. The minimum absolute atomic E-state index is 0.0808. The number of hydrogen-bond acceptors (Lipinski definition) is 10. The molecule has 186 valence electrons. The summed E-state index contributed by atoms with van der Waals surface area (Å²) in [5.74, 6) is -0.844. The van der Waals surface area contributed by atoms with Gasteiger partial charge < -0.3 is 19.5 Å². The predicted molar refractivity (Wildman–Crippen MR) is 127 cm³/mol. The molecule has 1 amide bonds. The van der Waals surface area contributed by atoms with Crippen molar-refractivity contribution in [3.8, 4) is 0 Å². The number of nitrogens with one attached hydrogen (secondary N) is 1. The SMILES string of the molecule is CCOC(=O)C1=C(CSCCNC=O)N=C(C(OCC)OCC)C([N+](=O)[O-])C1c1cccnc1. The van der Waals surface area contributed by atoms with Crippen molar-refractivity contribution in [2.75, 3.05) is 37.9 Å². The Morgan fingerprint density at radius 2 is 2.03 bits per heavy atom. The zero-order valence-corrected chi connectivity index (χ0v) is 20.3. The van der Waals surface area contributed by atoms with E-state index in [-0.39, 0.29) is 36.9 Å². The van der Waals surface area contributed by atoms with Gasteiger partial charge in [0.1, 0.15) is 5.71 Å². The van der Waals surface area contributed by atoms with Gasteiger partial charge in [0.05, 0.1) is 23.8 Å². The Morgan fingerprint density at radius 1 is 1.29 bits per heavy atom. The number of aliphatic imine (C=N–C) groups is 1. The Bertz CT molecular complexity index is 888. The third-order valence-corrected chi connectivity index (χ3v) is 5.83. The van der Waals surface area contributed by atoms with Crippen LogP contribution >= 0.6 is 11.8 Å². The van der Waals surface area contributed by atoms with Crippen LogP contribution in [0, 0.1) is 10.1 Å². The molecule has 2 unspecified atom stereocenters.